The Hall–Kier alpha value is -4.05. The number of nitrogens with one attached hydrogen (secondary N) is 1. The fourth-order valence-corrected chi connectivity index (χ4v) is 5.12. The number of carbonyl (C=O) groups is 2. The smallest absolute Gasteiger partial charge is 0.244 e. The van der Waals surface area contributed by atoms with Crippen LogP contribution in [0, 0.1) is 6.92 Å². The lowest BCUT2D eigenvalue weighted by atomic mass is 10.0. The van der Waals surface area contributed by atoms with Gasteiger partial charge in [0.15, 0.2) is 0 Å². The number of aryl methyl sites for hydroxylation is 1. The fourth-order valence-electron chi connectivity index (χ4n) is 4.28. The maximum atomic E-state index is 14.0. The van der Waals surface area contributed by atoms with Crippen molar-refractivity contribution in [2.75, 3.05) is 38.4 Å². The summed E-state index contributed by atoms with van der Waals surface area (Å²) in [6.07, 6.45) is 1.28. The molecule has 0 aliphatic rings. The van der Waals surface area contributed by atoms with Crippen LogP contribution in [0.15, 0.2) is 72.8 Å². The van der Waals surface area contributed by atoms with Crippen molar-refractivity contribution in [3.63, 3.8) is 0 Å². The van der Waals surface area contributed by atoms with Gasteiger partial charge in [0.2, 0.25) is 21.8 Å². The van der Waals surface area contributed by atoms with Gasteiger partial charge in [0.1, 0.15) is 24.1 Å². The van der Waals surface area contributed by atoms with E-state index in [2.05, 4.69) is 5.32 Å². The Morgan fingerprint density at radius 3 is 2.23 bits per heavy atom. The number of hydrogen-bond donors (Lipinski definition) is 1. The number of benzene rings is 3. The number of likely N-dealkylation sites (N-methyl/N-ethyl adjacent to an activating group) is 1. The summed E-state index contributed by atoms with van der Waals surface area (Å²) in [7, 11) is 0.587. The van der Waals surface area contributed by atoms with E-state index in [1.165, 1.54) is 19.1 Å². The minimum atomic E-state index is -3.90. The van der Waals surface area contributed by atoms with Gasteiger partial charge in [-0.1, -0.05) is 48.5 Å². The molecule has 0 unspecified atom stereocenters. The third-order valence-corrected chi connectivity index (χ3v) is 7.41. The van der Waals surface area contributed by atoms with Crippen LogP contribution in [0.25, 0.3) is 0 Å². The van der Waals surface area contributed by atoms with E-state index in [1.807, 2.05) is 43.3 Å². The number of amides is 2. The van der Waals surface area contributed by atoms with E-state index in [-0.39, 0.29) is 24.6 Å². The molecule has 208 valence electrons. The van der Waals surface area contributed by atoms with Gasteiger partial charge in [-0.15, -0.1) is 0 Å². The molecule has 3 rings (SSSR count). The van der Waals surface area contributed by atoms with E-state index in [4.69, 9.17) is 9.47 Å². The first kappa shape index (κ1) is 29.5. The normalized spacial score (nSPS) is 11.8. The van der Waals surface area contributed by atoms with E-state index in [1.54, 1.807) is 43.5 Å². The van der Waals surface area contributed by atoms with Gasteiger partial charge in [-0.2, -0.15) is 0 Å². The van der Waals surface area contributed by atoms with Crippen LogP contribution in [0.1, 0.15) is 16.7 Å². The van der Waals surface area contributed by atoms with E-state index < -0.39 is 28.5 Å². The van der Waals surface area contributed by atoms with E-state index in [9.17, 15) is 18.0 Å². The van der Waals surface area contributed by atoms with Crippen LogP contribution in [0.5, 0.6) is 11.5 Å². The summed E-state index contributed by atoms with van der Waals surface area (Å²) in [5, 5.41) is 2.66. The summed E-state index contributed by atoms with van der Waals surface area (Å²) in [6, 6.07) is 20.7. The lowest BCUT2D eigenvalue weighted by Gasteiger charge is -2.33. The summed E-state index contributed by atoms with van der Waals surface area (Å²) >= 11 is 0. The Kier molecular flexibility index (Phi) is 9.95. The molecule has 0 radical (unpaired) electrons. The fraction of sp³-hybridized carbons (Fsp3) is 0.310. The van der Waals surface area contributed by atoms with Crippen LogP contribution in [0.3, 0.4) is 0 Å². The van der Waals surface area contributed by atoms with E-state index >= 15 is 0 Å². The van der Waals surface area contributed by atoms with Gasteiger partial charge < -0.3 is 19.7 Å². The standard InChI is InChI=1S/C29H35N3O6S/c1-21-14-15-27(38-4)25(16-21)32(39(5,35)36)20-28(33)31(19-23-12-9-13-24(17-23)37-3)26(29(34)30-2)18-22-10-7-6-8-11-22/h6-17,26H,18-20H2,1-5H3,(H,30,34)/t26-/m1/s1. The molecule has 0 aliphatic heterocycles. The molecule has 0 bridgehead atoms. The Labute approximate surface area is 230 Å². The molecule has 39 heavy (non-hydrogen) atoms. The van der Waals surface area contributed by atoms with Crippen LogP contribution in [-0.4, -0.2) is 65.2 Å². The highest BCUT2D eigenvalue weighted by Crippen LogP contribution is 2.31. The minimum Gasteiger partial charge on any atom is -0.497 e. The number of carbonyl (C=O) groups excluding carboxylic acids is 2. The first-order chi connectivity index (χ1) is 18.6. The predicted molar refractivity (Wildman–Crippen MR) is 151 cm³/mol. The van der Waals surface area contributed by atoms with E-state index in [0.29, 0.717) is 11.5 Å². The van der Waals surface area contributed by atoms with Crippen molar-refractivity contribution in [1.29, 1.82) is 0 Å². The van der Waals surface area contributed by atoms with Gasteiger partial charge in [-0.05, 0) is 47.9 Å². The molecule has 0 spiro atoms. The van der Waals surface area contributed by atoms with Crippen molar-refractivity contribution < 1.29 is 27.5 Å². The topological polar surface area (TPSA) is 105 Å². The summed E-state index contributed by atoms with van der Waals surface area (Å²) in [5.41, 5.74) is 2.63. The molecule has 0 aliphatic carbocycles. The lowest BCUT2D eigenvalue weighted by molar-refractivity contribution is -0.139. The number of rotatable bonds is 12. The van der Waals surface area contributed by atoms with Crippen molar-refractivity contribution in [3.8, 4) is 11.5 Å². The van der Waals surface area contributed by atoms with Crippen LogP contribution in [-0.2, 0) is 32.6 Å². The van der Waals surface area contributed by atoms with E-state index in [0.717, 1.165) is 27.3 Å². The molecule has 1 atom stereocenters. The Bertz CT molecular complexity index is 1400. The maximum Gasteiger partial charge on any atom is 0.244 e. The van der Waals surface area contributed by atoms with Crippen LogP contribution >= 0.6 is 0 Å². The Morgan fingerprint density at radius 1 is 0.923 bits per heavy atom. The average Bonchev–Trinajstić information content (AvgIpc) is 2.93. The highest BCUT2D eigenvalue weighted by molar-refractivity contribution is 7.92. The molecule has 2 amide bonds. The Morgan fingerprint density at radius 2 is 1.62 bits per heavy atom. The zero-order valence-electron chi connectivity index (χ0n) is 22.9. The third kappa shape index (κ3) is 7.73. The minimum absolute atomic E-state index is 0.0590. The van der Waals surface area contributed by atoms with Gasteiger partial charge in [0, 0.05) is 20.0 Å². The van der Waals surface area contributed by atoms with Gasteiger partial charge in [-0.3, -0.25) is 13.9 Å². The SMILES string of the molecule is CNC(=O)[C@@H](Cc1ccccc1)N(Cc1cccc(OC)c1)C(=O)CN(c1cc(C)ccc1OC)S(C)(=O)=O. The molecular formula is C29H35N3O6S. The van der Waals surface area contributed by atoms with Crippen LogP contribution < -0.4 is 19.1 Å². The number of methoxy groups -OCH3 is 2. The largest absolute Gasteiger partial charge is 0.497 e. The van der Waals surface area contributed by atoms with Crippen molar-refractivity contribution in [2.24, 2.45) is 0 Å². The predicted octanol–water partition coefficient (Wildman–Crippen LogP) is 3.16. The molecule has 0 aromatic heterocycles. The second-order valence-electron chi connectivity index (χ2n) is 9.14. The highest BCUT2D eigenvalue weighted by atomic mass is 32.2. The zero-order chi connectivity index (χ0) is 28.6. The molecule has 0 heterocycles. The third-order valence-electron chi connectivity index (χ3n) is 6.29. The molecule has 3 aromatic rings. The quantitative estimate of drug-likeness (QED) is 0.370. The number of ether oxygens (including phenoxy) is 2. The second-order valence-corrected chi connectivity index (χ2v) is 11.0. The molecule has 0 saturated carbocycles. The molecule has 9 nitrogen and oxygen atoms in total. The molecule has 10 heteroatoms. The Balaban J connectivity index is 2.08. The highest BCUT2D eigenvalue weighted by Gasteiger charge is 2.33. The molecule has 1 N–H and O–H groups in total. The number of nitrogens with zero attached hydrogens (tertiary/aromatic N) is 2. The van der Waals surface area contributed by atoms with Crippen LogP contribution in [0.2, 0.25) is 0 Å². The second kappa shape index (κ2) is 13.1. The molecule has 0 fully saturated rings. The molecular weight excluding hydrogens is 518 g/mol. The molecule has 0 saturated heterocycles. The lowest BCUT2D eigenvalue weighted by Crippen LogP contribution is -2.52. The van der Waals surface area contributed by atoms with Gasteiger partial charge in [0.05, 0.1) is 26.2 Å². The van der Waals surface area contributed by atoms with Gasteiger partial charge in [0.25, 0.3) is 0 Å². The summed E-state index contributed by atoms with van der Waals surface area (Å²) in [5.74, 6) is -0.00232. The average molecular weight is 554 g/mol. The first-order valence-electron chi connectivity index (χ1n) is 12.4. The molecule has 3 aromatic carbocycles. The van der Waals surface area contributed by atoms with Gasteiger partial charge in [-0.25, -0.2) is 8.42 Å². The maximum absolute atomic E-state index is 14.0. The number of anilines is 1. The monoisotopic (exact) mass is 553 g/mol. The first-order valence-corrected chi connectivity index (χ1v) is 14.2. The van der Waals surface area contributed by atoms with Crippen molar-refractivity contribution in [1.82, 2.24) is 10.2 Å². The zero-order valence-corrected chi connectivity index (χ0v) is 23.7. The van der Waals surface area contributed by atoms with Gasteiger partial charge >= 0.3 is 0 Å². The van der Waals surface area contributed by atoms with Crippen molar-refractivity contribution >= 4 is 27.5 Å². The van der Waals surface area contributed by atoms with Crippen molar-refractivity contribution in [3.05, 3.63) is 89.5 Å². The van der Waals surface area contributed by atoms with Crippen molar-refractivity contribution in [2.45, 2.75) is 25.9 Å². The summed E-state index contributed by atoms with van der Waals surface area (Å²) < 4.78 is 37.7. The van der Waals surface area contributed by atoms with Crippen LogP contribution in [0.4, 0.5) is 5.69 Å². The summed E-state index contributed by atoms with van der Waals surface area (Å²) in [4.78, 5) is 28.6. The number of sulfonamides is 1. The summed E-state index contributed by atoms with van der Waals surface area (Å²) in [6.45, 7) is 1.36. The number of hydrogen-bond acceptors (Lipinski definition) is 6.